The Kier molecular flexibility index (Phi) is 4.78. The highest BCUT2D eigenvalue weighted by molar-refractivity contribution is 5.93. The number of amides is 1. The summed E-state index contributed by atoms with van der Waals surface area (Å²) in [6, 6.07) is 4.39. The van der Waals surface area contributed by atoms with Crippen molar-refractivity contribution in [2.75, 3.05) is 18.4 Å². The molecule has 2 N–H and O–H groups in total. The zero-order valence-corrected chi connectivity index (χ0v) is 18.0. The monoisotopic (exact) mass is 429 g/mol. The van der Waals surface area contributed by atoms with E-state index >= 15 is 0 Å². The Labute approximate surface area is 186 Å². The average Bonchev–Trinajstić information content (AvgIpc) is 3.59. The summed E-state index contributed by atoms with van der Waals surface area (Å²) in [6.07, 6.45) is 15.8. The van der Waals surface area contributed by atoms with E-state index in [0.717, 1.165) is 79.4 Å². The number of rotatable bonds is 4. The molecule has 0 spiro atoms. The summed E-state index contributed by atoms with van der Waals surface area (Å²) in [5.41, 5.74) is 3.91. The number of anilines is 1. The quantitative estimate of drug-likeness (QED) is 0.514. The molecule has 4 aromatic heterocycles. The van der Waals surface area contributed by atoms with Gasteiger partial charge in [0, 0.05) is 72.5 Å². The van der Waals surface area contributed by atoms with Crippen LogP contribution >= 0.6 is 0 Å². The van der Waals surface area contributed by atoms with E-state index in [4.69, 9.17) is 4.98 Å². The van der Waals surface area contributed by atoms with Crippen molar-refractivity contribution >= 4 is 28.5 Å². The van der Waals surface area contributed by atoms with Gasteiger partial charge >= 0.3 is 0 Å². The van der Waals surface area contributed by atoms with Crippen LogP contribution in [0.25, 0.3) is 27.8 Å². The van der Waals surface area contributed by atoms with E-state index in [1.807, 2.05) is 29.1 Å². The maximum absolute atomic E-state index is 12.7. The molecular weight excluding hydrogens is 402 g/mol. The number of pyridine rings is 1. The highest BCUT2D eigenvalue weighted by Crippen LogP contribution is 2.30. The van der Waals surface area contributed by atoms with Crippen molar-refractivity contribution in [2.24, 2.45) is 5.92 Å². The van der Waals surface area contributed by atoms with Crippen LogP contribution in [0.4, 0.5) is 5.95 Å². The van der Waals surface area contributed by atoms with Crippen molar-refractivity contribution in [3.05, 3.63) is 43.1 Å². The van der Waals surface area contributed by atoms with Crippen molar-refractivity contribution in [1.29, 1.82) is 0 Å². The SMILES string of the molecule is O=C(C1CCC(Nc2ncc3c(-c4ccc5nccn5c4)c[nH]c3n2)CC1)N1CCCC1. The predicted molar refractivity (Wildman–Crippen MR) is 123 cm³/mol. The van der Waals surface area contributed by atoms with Gasteiger partial charge in [0.25, 0.3) is 0 Å². The van der Waals surface area contributed by atoms with E-state index in [2.05, 4.69) is 37.4 Å². The minimum absolute atomic E-state index is 0.188. The van der Waals surface area contributed by atoms with Gasteiger partial charge in [-0.2, -0.15) is 4.98 Å². The molecule has 6 rings (SSSR count). The third-order valence-electron chi connectivity index (χ3n) is 6.96. The minimum Gasteiger partial charge on any atom is -0.351 e. The van der Waals surface area contributed by atoms with E-state index in [0.29, 0.717) is 17.9 Å². The van der Waals surface area contributed by atoms with E-state index in [-0.39, 0.29) is 5.92 Å². The van der Waals surface area contributed by atoms with Gasteiger partial charge in [-0.15, -0.1) is 0 Å². The number of imidazole rings is 1. The molecule has 8 heteroatoms. The summed E-state index contributed by atoms with van der Waals surface area (Å²) >= 11 is 0. The van der Waals surface area contributed by atoms with Crippen LogP contribution in [0.2, 0.25) is 0 Å². The van der Waals surface area contributed by atoms with Crippen LogP contribution in [0, 0.1) is 5.92 Å². The third kappa shape index (κ3) is 3.49. The van der Waals surface area contributed by atoms with Gasteiger partial charge in [-0.1, -0.05) is 0 Å². The second kappa shape index (κ2) is 7.93. The number of nitrogens with one attached hydrogen (secondary N) is 2. The van der Waals surface area contributed by atoms with Gasteiger partial charge in [0.2, 0.25) is 11.9 Å². The number of aromatic nitrogens is 5. The molecule has 2 fully saturated rings. The van der Waals surface area contributed by atoms with E-state index < -0.39 is 0 Å². The maximum Gasteiger partial charge on any atom is 0.225 e. The van der Waals surface area contributed by atoms with Gasteiger partial charge in [0.15, 0.2) is 0 Å². The van der Waals surface area contributed by atoms with Crippen molar-refractivity contribution in [3.63, 3.8) is 0 Å². The van der Waals surface area contributed by atoms with Gasteiger partial charge in [0.05, 0.1) is 0 Å². The summed E-state index contributed by atoms with van der Waals surface area (Å²) in [4.78, 5) is 31.6. The van der Waals surface area contributed by atoms with Crippen molar-refractivity contribution in [1.82, 2.24) is 29.2 Å². The Morgan fingerprint density at radius 3 is 2.78 bits per heavy atom. The zero-order valence-electron chi connectivity index (χ0n) is 18.0. The number of carbonyl (C=O) groups is 1. The molecule has 0 radical (unpaired) electrons. The predicted octanol–water partition coefficient (Wildman–Crippen LogP) is 3.87. The zero-order chi connectivity index (χ0) is 21.5. The van der Waals surface area contributed by atoms with Crippen LogP contribution in [0.5, 0.6) is 0 Å². The van der Waals surface area contributed by atoms with Gasteiger partial charge < -0.3 is 19.6 Å². The first kappa shape index (κ1) is 19.3. The summed E-state index contributed by atoms with van der Waals surface area (Å²) in [5.74, 6) is 1.20. The Morgan fingerprint density at radius 1 is 1.09 bits per heavy atom. The maximum atomic E-state index is 12.7. The van der Waals surface area contributed by atoms with Crippen LogP contribution < -0.4 is 5.32 Å². The van der Waals surface area contributed by atoms with Crippen LogP contribution in [-0.4, -0.2) is 54.3 Å². The summed E-state index contributed by atoms with van der Waals surface area (Å²) < 4.78 is 2.01. The molecular formula is C24H27N7O. The topological polar surface area (TPSA) is 91.2 Å². The molecule has 164 valence electrons. The van der Waals surface area contributed by atoms with Crippen LogP contribution in [0.15, 0.2) is 43.1 Å². The minimum atomic E-state index is 0.188. The second-order valence-electron chi connectivity index (χ2n) is 8.99. The molecule has 1 aliphatic carbocycles. The first-order valence-corrected chi connectivity index (χ1v) is 11.6. The lowest BCUT2D eigenvalue weighted by molar-refractivity contribution is -0.135. The van der Waals surface area contributed by atoms with Crippen molar-refractivity contribution < 1.29 is 4.79 Å². The number of aromatic amines is 1. The number of H-pyrrole nitrogens is 1. The lowest BCUT2D eigenvalue weighted by Gasteiger charge is -2.30. The number of likely N-dealkylation sites (tertiary alicyclic amines) is 1. The van der Waals surface area contributed by atoms with E-state index in [9.17, 15) is 4.79 Å². The fourth-order valence-electron chi connectivity index (χ4n) is 5.16. The average molecular weight is 430 g/mol. The molecule has 4 aromatic rings. The Balaban J connectivity index is 1.14. The van der Waals surface area contributed by atoms with Gasteiger partial charge in [-0.25, -0.2) is 9.97 Å². The smallest absolute Gasteiger partial charge is 0.225 e. The fourth-order valence-corrected chi connectivity index (χ4v) is 5.16. The third-order valence-corrected chi connectivity index (χ3v) is 6.96. The number of hydrogen-bond acceptors (Lipinski definition) is 5. The number of hydrogen-bond donors (Lipinski definition) is 2. The number of nitrogens with zero attached hydrogens (tertiary/aromatic N) is 5. The number of fused-ring (bicyclic) bond motifs is 2. The standard InChI is InChI=1S/C24H27N7O/c32-23(30-10-1-2-11-30)16-3-6-18(7-4-16)28-24-27-14-20-19(13-26-22(20)29-24)17-5-8-21-25-9-12-31(21)15-17/h5,8-9,12-16,18H,1-4,6-7,10-11H2,(H2,26,27,28,29). The molecule has 1 amide bonds. The van der Waals surface area contributed by atoms with E-state index in [1.54, 1.807) is 6.20 Å². The Hall–Kier alpha value is -3.42. The molecule has 0 unspecified atom stereocenters. The van der Waals surface area contributed by atoms with Gasteiger partial charge in [0.1, 0.15) is 11.3 Å². The molecule has 0 bridgehead atoms. The van der Waals surface area contributed by atoms with Gasteiger partial charge in [-0.05, 0) is 50.7 Å². The highest BCUT2D eigenvalue weighted by atomic mass is 16.2. The lowest BCUT2D eigenvalue weighted by atomic mass is 9.85. The Bertz CT molecular complexity index is 1260. The second-order valence-corrected chi connectivity index (χ2v) is 8.99. The van der Waals surface area contributed by atoms with Crippen molar-refractivity contribution in [3.8, 4) is 11.1 Å². The summed E-state index contributed by atoms with van der Waals surface area (Å²) in [6.45, 7) is 1.89. The first-order valence-electron chi connectivity index (χ1n) is 11.6. The van der Waals surface area contributed by atoms with Crippen LogP contribution in [0.3, 0.4) is 0 Å². The normalized spacial score (nSPS) is 21.4. The molecule has 1 aliphatic heterocycles. The van der Waals surface area contributed by atoms with Crippen molar-refractivity contribution in [2.45, 2.75) is 44.6 Å². The van der Waals surface area contributed by atoms with E-state index in [1.165, 1.54) is 0 Å². The largest absolute Gasteiger partial charge is 0.351 e. The molecule has 1 saturated heterocycles. The summed E-state index contributed by atoms with van der Waals surface area (Å²) in [7, 11) is 0. The molecule has 32 heavy (non-hydrogen) atoms. The molecule has 5 heterocycles. The number of carbonyl (C=O) groups excluding carboxylic acids is 1. The molecule has 0 atom stereocenters. The molecule has 1 saturated carbocycles. The molecule has 0 aromatic carbocycles. The lowest BCUT2D eigenvalue weighted by Crippen LogP contribution is -2.37. The summed E-state index contributed by atoms with van der Waals surface area (Å²) in [5, 5.41) is 4.49. The van der Waals surface area contributed by atoms with Gasteiger partial charge in [-0.3, -0.25) is 4.79 Å². The molecule has 2 aliphatic rings. The Morgan fingerprint density at radius 2 is 1.94 bits per heavy atom. The first-order chi connectivity index (χ1) is 15.7. The molecule has 8 nitrogen and oxygen atoms in total. The fraction of sp³-hybridized carbons (Fsp3) is 0.417. The highest BCUT2D eigenvalue weighted by Gasteiger charge is 2.30. The van der Waals surface area contributed by atoms with Crippen LogP contribution in [-0.2, 0) is 4.79 Å². The van der Waals surface area contributed by atoms with Crippen LogP contribution in [0.1, 0.15) is 38.5 Å².